The van der Waals surface area contributed by atoms with Gasteiger partial charge in [-0.05, 0) is 48.7 Å². The lowest BCUT2D eigenvalue weighted by molar-refractivity contribution is -0.132. The van der Waals surface area contributed by atoms with Crippen LogP contribution in [-0.4, -0.2) is 57.4 Å². The highest BCUT2D eigenvalue weighted by Gasteiger charge is 2.34. The fraction of sp³-hybridized carbons (Fsp3) is 0.385. The first kappa shape index (κ1) is 23.9. The number of aryl methyl sites for hydroxylation is 1. The van der Waals surface area contributed by atoms with Gasteiger partial charge in [0, 0.05) is 74.6 Å². The van der Waals surface area contributed by atoms with E-state index in [-0.39, 0.29) is 24.3 Å². The minimum absolute atomic E-state index is 0.0671. The highest BCUT2D eigenvalue weighted by atomic mass is 19.3. The lowest BCUT2D eigenvalue weighted by Gasteiger charge is -2.38. The monoisotopic (exact) mass is 494 g/mol. The van der Waals surface area contributed by atoms with Crippen molar-refractivity contribution >= 4 is 34.3 Å². The number of likely N-dealkylation sites (tertiary alicyclic amines) is 1. The quantitative estimate of drug-likeness (QED) is 0.503. The summed E-state index contributed by atoms with van der Waals surface area (Å²) in [5.74, 6) is -1.95. The first-order chi connectivity index (χ1) is 17.3. The second kappa shape index (κ2) is 9.67. The molecular weight excluding hydrogens is 466 g/mol. The van der Waals surface area contributed by atoms with Crippen LogP contribution in [0.5, 0.6) is 0 Å². The molecular formula is C26H28F2N6O2. The molecule has 188 valence electrons. The Morgan fingerprint density at radius 3 is 2.56 bits per heavy atom. The summed E-state index contributed by atoms with van der Waals surface area (Å²) in [6, 6.07) is 10.7. The normalized spacial score (nSPS) is 17.6. The number of fused-ring (bicyclic) bond motifs is 1. The van der Waals surface area contributed by atoms with Crippen LogP contribution in [0, 0.1) is 5.92 Å². The number of hydrogen-bond donors (Lipinski definition) is 1. The van der Waals surface area contributed by atoms with Gasteiger partial charge in [-0.3, -0.25) is 14.2 Å². The Morgan fingerprint density at radius 1 is 1.14 bits per heavy atom. The molecule has 1 aromatic carbocycles. The van der Waals surface area contributed by atoms with Crippen LogP contribution >= 0.6 is 0 Å². The summed E-state index contributed by atoms with van der Waals surface area (Å²) in [5, 5.41) is 3.93. The molecule has 2 fully saturated rings. The van der Waals surface area contributed by atoms with E-state index in [1.807, 2.05) is 29.2 Å². The predicted molar refractivity (Wildman–Crippen MR) is 135 cm³/mol. The number of halogens is 2. The second-order valence-corrected chi connectivity index (χ2v) is 9.41. The number of alkyl halides is 2. The largest absolute Gasteiger partial charge is 0.371 e. The Balaban J connectivity index is 1.27. The molecule has 1 amide bonds. The Morgan fingerprint density at radius 2 is 1.86 bits per heavy atom. The van der Waals surface area contributed by atoms with E-state index in [4.69, 9.17) is 0 Å². The van der Waals surface area contributed by atoms with Gasteiger partial charge in [0.2, 0.25) is 11.9 Å². The number of piperidine rings is 1. The van der Waals surface area contributed by atoms with Crippen molar-refractivity contribution in [3.05, 3.63) is 65.6 Å². The highest BCUT2D eigenvalue weighted by molar-refractivity contribution is 5.87. The SMILES string of the molecule is C=CC(=O)N1CC(CCn2c(=O)ccc3cnc(Nc4ccc(N5CCC(F)(F)CC5)cc4)nc32)C1. The van der Waals surface area contributed by atoms with E-state index < -0.39 is 5.92 Å². The van der Waals surface area contributed by atoms with Gasteiger partial charge < -0.3 is 15.1 Å². The molecule has 2 aliphatic heterocycles. The number of anilines is 3. The summed E-state index contributed by atoms with van der Waals surface area (Å²) in [4.78, 5) is 37.0. The predicted octanol–water partition coefficient (Wildman–Crippen LogP) is 3.81. The number of aromatic nitrogens is 3. The summed E-state index contributed by atoms with van der Waals surface area (Å²) < 4.78 is 28.5. The van der Waals surface area contributed by atoms with Gasteiger partial charge in [0.1, 0.15) is 5.65 Å². The Hall–Kier alpha value is -3.82. The summed E-state index contributed by atoms with van der Waals surface area (Å²) in [7, 11) is 0. The van der Waals surface area contributed by atoms with Crippen molar-refractivity contribution < 1.29 is 13.6 Å². The fourth-order valence-electron chi connectivity index (χ4n) is 4.70. The van der Waals surface area contributed by atoms with Crippen LogP contribution in [0.4, 0.5) is 26.1 Å². The first-order valence-corrected chi connectivity index (χ1v) is 12.1. The van der Waals surface area contributed by atoms with Crippen molar-refractivity contribution in [1.29, 1.82) is 0 Å². The molecule has 0 bridgehead atoms. The van der Waals surface area contributed by atoms with Crippen molar-refractivity contribution in [2.24, 2.45) is 5.92 Å². The lowest BCUT2D eigenvalue weighted by atomic mass is 9.96. The number of benzene rings is 1. The number of rotatable bonds is 7. The van der Waals surface area contributed by atoms with Gasteiger partial charge in [0.15, 0.2) is 0 Å². The van der Waals surface area contributed by atoms with Crippen molar-refractivity contribution in [3.8, 4) is 0 Å². The molecule has 2 saturated heterocycles. The molecule has 2 aromatic heterocycles. The van der Waals surface area contributed by atoms with E-state index in [1.54, 1.807) is 21.7 Å². The highest BCUT2D eigenvalue weighted by Crippen LogP contribution is 2.31. The number of amides is 1. The molecule has 10 heteroatoms. The third-order valence-electron chi connectivity index (χ3n) is 6.91. The van der Waals surface area contributed by atoms with Gasteiger partial charge in [-0.25, -0.2) is 13.8 Å². The van der Waals surface area contributed by atoms with Crippen LogP contribution in [0.1, 0.15) is 19.3 Å². The molecule has 0 radical (unpaired) electrons. The van der Waals surface area contributed by atoms with Crippen LogP contribution in [0.2, 0.25) is 0 Å². The van der Waals surface area contributed by atoms with Crippen LogP contribution in [-0.2, 0) is 11.3 Å². The average Bonchev–Trinajstić information content (AvgIpc) is 2.84. The summed E-state index contributed by atoms with van der Waals surface area (Å²) in [5.41, 5.74) is 2.06. The minimum atomic E-state index is -2.57. The molecule has 0 spiro atoms. The van der Waals surface area contributed by atoms with Gasteiger partial charge in [-0.1, -0.05) is 6.58 Å². The Bertz CT molecular complexity index is 1320. The number of nitrogens with one attached hydrogen (secondary N) is 1. The maximum absolute atomic E-state index is 13.4. The number of hydrogen-bond acceptors (Lipinski definition) is 6. The van der Waals surface area contributed by atoms with E-state index in [1.165, 1.54) is 12.1 Å². The smallest absolute Gasteiger partial charge is 0.252 e. The van der Waals surface area contributed by atoms with Crippen molar-refractivity contribution in [3.63, 3.8) is 0 Å². The molecule has 5 rings (SSSR count). The fourth-order valence-corrected chi connectivity index (χ4v) is 4.70. The molecule has 0 saturated carbocycles. The minimum Gasteiger partial charge on any atom is -0.371 e. The van der Waals surface area contributed by atoms with Crippen LogP contribution in [0.15, 0.2) is 60.0 Å². The Kier molecular flexibility index (Phi) is 6.42. The van der Waals surface area contributed by atoms with Crippen LogP contribution < -0.4 is 15.8 Å². The van der Waals surface area contributed by atoms with E-state index in [9.17, 15) is 18.4 Å². The van der Waals surface area contributed by atoms with Gasteiger partial charge in [-0.15, -0.1) is 0 Å². The van der Waals surface area contributed by atoms with E-state index in [2.05, 4.69) is 21.9 Å². The zero-order valence-electron chi connectivity index (χ0n) is 19.9. The molecule has 1 N–H and O–H groups in total. The Labute approximate surface area is 207 Å². The molecule has 4 heterocycles. The van der Waals surface area contributed by atoms with E-state index in [0.717, 1.165) is 23.2 Å². The summed E-state index contributed by atoms with van der Waals surface area (Å²) in [6.07, 6.45) is 3.49. The zero-order valence-corrected chi connectivity index (χ0v) is 19.9. The van der Waals surface area contributed by atoms with Crippen LogP contribution in [0.3, 0.4) is 0 Å². The standard InChI is InChI=1S/C26H28F2N6O2/c1-2-22(35)33-16-18(17-33)9-12-34-23(36)8-3-19-15-29-25(31-24(19)34)30-20-4-6-21(7-5-20)32-13-10-26(27,28)11-14-32/h2-8,15,18H,1,9-14,16-17H2,(H,29,30,31). The van der Waals surface area contributed by atoms with Gasteiger partial charge in [0.05, 0.1) is 0 Å². The topological polar surface area (TPSA) is 83.4 Å². The summed E-state index contributed by atoms with van der Waals surface area (Å²) >= 11 is 0. The average molecular weight is 495 g/mol. The molecule has 8 nitrogen and oxygen atoms in total. The third-order valence-corrected chi connectivity index (χ3v) is 6.91. The number of pyridine rings is 1. The molecule has 0 unspecified atom stereocenters. The van der Waals surface area contributed by atoms with Gasteiger partial charge in [0.25, 0.3) is 11.5 Å². The van der Waals surface area contributed by atoms with Gasteiger partial charge >= 0.3 is 0 Å². The molecule has 2 aliphatic rings. The molecule has 0 atom stereocenters. The van der Waals surface area contributed by atoms with Crippen molar-refractivity contribution in [2.75, 3.05) is 36.4 Å². The molecule has 3 aromatic rings. The summed E-state index contributed by atoms with van der Waals surface area (Å²) in [6.45, 7) is 6.00. The zero-order chi connectivity index (χ0) is 25.3. The van der Waals surface area contributed by atoms with Crippen molar-refractivity contribution in [2.45, 2.75) is 31.7 Å². The molecule has 36 heavy (non-hydrogen) atoms. The number of nitrogens with zero attached hydrogens (tertiary/aromatic N) is 5. The number of carbonyl (C=O) groups is 1. The second-order valence-electron chi connectivity index (χ2n) is 9.41. The number of carbonyl (C=O) groups excluding carboxylic acids is 1. The van der Waals surface area contributed by atoms with E-state index >= 15 is 0 Å². The van der Waals surface area contributed by atoms with Crippen molar-refractivity contribution in [1.82, 2.24) is 19.4 Å². The first-order valence-electron chi connectivity index (χ1n) is 12.1. The maximum Gasteiger partial charge on any atom is 0.252 e. The molecule has 0 aliphatic carbocycles. The third kappa shape index (κ3) is 5.07. The van der Waals surface area contributed by atoms with Crippen LogP contribution in [0.25, 0.3) is 11.0 Å². The lowest BCUT2D eigenvalue weighted by Crippen LogP contribution is -2.49. The van der Waals surface area contributed by atoms with Gasteiger partial charge in [-0.2, -0.15) is 4.98 Å². The maximum atomic E-state index is 13.4. The van der Waals surface area contributed by atoms with E-state index in [0.29, 0.717) is 50.2 Å².